The Bertz CT molecular complexity index is 585. The Hall–Kier alpha value is -1.88. The molecule has 3 rings (SSSR count). The first-order valence-electron chi connectivity index (χ1n) is 9.04. The van der Waals surface area contributed by atoms with Gasteiger partial charge in [-0.15, -0.1) is 0 Å². The second kappa shape index (κ2) is 7.79. The minimum absolute atomic E-state index is 0.0539. The summed E-state index contributed by atoms with van der Waals surface area (Å²) in [7, 11) is 0. The Morgan fingerprint density at radius 2 is 2.00 bits per heavy atom. The van der Waals surface area contributed by atoms with Crippen molar-refractivity contribution in [2.24, 2.45) is 5.92 Å². The second-order valence-electron chi connectivity index (χ2n) is 7.04. The first-order chi connectivity index (χ1) is 11.6. The standard InChI is InChI=1S/C19H27N3O2/c1-15-4-2-11-21(14-15)13-10-18(23)20-16-6-8-17(9-7-16)22-12-3-5-19(22)24/h6-9,15H,2-5,10-14H2,1H3,(H,20,23)/t15-/m1/s1. The molecule has 5 nitrogen and oxygen atoms in total. The molecule has 2 saturated heterocycles. The molecule has 1 atom stereocenters. The number of carbonyl (C=O) groups is 2. The van der Waals surface area contributed by atoms with E-state index in [-0.39, 0.29) is 11.8 Å². The van der Waals surface area contributed by atoms with E-state index in [1.807, 2.05) is 29.2 Å². The topological polar surface area (TPSA) is 52.7 Å². The largest absolute Gasteiger partial charge is 0.326 e. The molecule has 5 heteroatoms. The molecule has 2 aliphatic heterocycles. The van der Waals surface area contributed by atoms with E-state index < -0.39 is 0 Å². The lowest BCUT2D eigenvalue weighted by Crippen LogP contribution is -2.36. The van der Waals surface area contributed by atoms with Crippen molar-refractivity contribution in [2.45, 2.75) is 39.0 Å². The first-order valence-corrected chi connectivity index (χ1v) is 9.04. The van der Waals surface area contributed by atoms with Gasteiger partial charge >= 0.3 is 0 Å². The molecule has 0 bridgehead atoms. The van der Waals surface area contributed by atoms with Crippen LogP contribution in [0.2, 0.25) is 0 Å². The van der Waals surface area contributed by atoms with Crippen LogP contribution in [0, 0.1) is 5.92 Å². The zero-order valence-electron chi connectivity index (χ0n) is 14.5. The zero-order chi connectivity index (χ0) is 16.9. The average Bonchev–Trinajstić information content (AvgIpc) is 3.00. The van der Waals surface area contributed by atoms with Gasteiger partial charge in [0.05, 0.1) is 0 Å². The highest BCUT2D eigenvalue weighted by Gasteiger charge is 2.21. The number of amides is 2. The van der Waals surface area contributed by atoms with Crippen LogP contribution >= 0.6 is 0 Å². The number of nitrogens with one attached hydrogen (secondary N) is 1. The van der Waals surface area contributed by atoms with E-state index in [0.717, 1.165) is 49.9 Å². The molecule has 2 aliphatic rings. The normalized spacial score (nSPS) is 22.0. The Balaban J connectivity index is 1.46. The third kappa shape index (κ3) is 4.35. The molecule has 130 valence electrons. The van der Waals surface area contributed by atoms with Gasteiger partial charge in [0.1, 0.15) is 0 Å². The van der Waals surface area contributed by atoms with Gasteiger partial charge in [0, 0.05) is 43.9 Å². The van der Waals surface area contributed by atoms with Gasteiger partial charge in [0.2, 0.25) is 11.8 Å². The summed E-state index contributed by atoms with van der Waals surface area (Å²) in [6.07, 6.45) is 4.62. The number of rotatable bonds is 5. The van der Waals surface area contributed by atoms with Crippen molar-refractivity contribution in [3.8, 4) is 0 Å². The molecule has 2 heterocycles. The van der Waals surface area contributed by atoms with E-state index in [9.17, 15) is 9.59 Å². The maximum atomic E-state index is 12.1. The Morgan fingerprint density at radius 3 is 2.67 bits per heavy atom. The highest BCUT2D eigenvalue weighted by molar-refractivity contribution is 5.96. The van der Waals surface area contributed by atoms with E-state index in [2.05, 4.69) is 17.1 Å². The molecular formula is C19H27N3O2. The van der Waals surface area contributed by atoms with Gasteiger partial charge in [-0.3, -0.25) is 9.59 Å². The smallest absolute Gasteiger partial charge is 0.227 e. The van der Waals surface area contributed by atoms with Crippen LogP contribution in [-0.2, 0) is 9.59 Å². The van der Waals surface area contributed by atoms with Crippen LogP contribution in [0.4, 0.5) is 11.4 Å². The quantitative estimate of drug-likeness (QED) is 0.904. The molecule has 2 fully saturated rings. The summed E-state index contributed by atoms with van der Waals surface area (Å²) in [4.78, 5) is 28.1. The third-order valence-corrected chi connectivity index (χ3v) is 4.93. The molecule has 0 aliphatic carbocycles. The average molecular weight is 329 g/mol. The summed E-state index contributed by atoms with van der Waals surface area (Å²) in [5.74, 6) is 0.975. The third-order valence-electron chi connectivity index (χ3n) is 4.93. The monoisotopic (exact) mass is 329 g/mol. The van der Waals surface area contributed by atoms with Crippen molar-refractivity contribution >= 4 is 23.2 Å². The summed E-state index contributed by atoms with van der Waals surface area (Å²) in [5, 5.41) is 2.95. The lowest BCUT2D eigenvalue weighted by molar-refractivity contribution is -0.117. The van der Waals surface area contributed by atoms with Crippen LogP contribution in [0.5, 0.6) is 0 Å². The molecule has 2 amide bonds. The van der Waals surface area contributed by atoms with Crippen molar-refractivity contribution < 1.29 is 9.59 Å². The number of benzene rings is 1. The van der Waals surface area contributed by atoms with Gasteiger partial charge in [-0.2, -0.15) is 0 Å². The first kappa shape index (κ1) is 17.0. The van der Waals surface area contributed by atoms with Crippen molar-refractivity contribution in [2.75, 3.05) is 36.4 Å². The minimum atomic E-state index is 0.0539. The molecular weight excluding hydrogens is 302 g/mol. The van der Waals surface area contributed by atoms with Gasteiger partial charge in [-0.05, 0) is 56.0 Å². The predicted octanol–water partition coefficient (Wildman–Crippen LogP) is 2.87. The Labute approximate surface area is 144 Å². The number of likely N-dealkylation sites (tertiary alicyclic amines) is 1. The molecule has 1 N–H and O–H groups in total. The summed E-state index contributed by atoms with van der Waals surface area (Å²) in [6.45, 7) is 6.11. The lowest BCUT2D eigenvalue weighted by atomic mass is 10.0. The van der Waals surface area contributed by atoms with Gasteiger partial charge in [0.25, 0.3) is 0 Å². The molecule has 0 radical (unpaired) electrons. The van der Waals surface area contributed by atoms with Gasteiger partial charge in [0.15, 0.2) is 0 Å². The van der Waals surface area contributed by atoms with Crippen LogP contribution in [0.3, 0.4) is 0 Å². The number of nitrogens with zero attached hydrogens (tertiary/aromatic N) is 2. The van der Waals surface area contributed by atoms with Crippen molar-refractivity contribution in [1.82, 2.24) is 4.90 Å². The number of hydrogen-bond acceptors (Lipinski definition) is 3. The highest BCUT2D eigenvalue weighted by Crippen LogP contribution is 2.23. The van der Waals surface area contributed by atoms with Crippen LogP contribution in [0.15, 0.2) is 24.3 Å². The number of hydrogen-bond donors (Lipinski definition) is 1. The number of carbonyl (C=O) groups excluding carboxylic acids is 2. The molecule has 0 spiro atoms. The van der Waals surface area contributed by atoms with Gasteiger partial charge < -0.3 is 15.1 Å². The Kier molecular flexibility index (Phi) is 5.51. The highest BCUT2D eigenvalue weighted by atomic mass is 16.2. The Morgan fingerprint density at radius 1 is 1.21 bits per heavy atom. The zero-order valence-corrected chi connectivity index (χ0v) is 14.5. The van der Waals surface area contributed by atoms with E-state index in [1.54, 1.807) is 0 Å². The number of piperidine rings is 1. The van der Waals surface area contributed by atoms with E-state index in [1.165, 1.54) is 12.8 Å². The molecule has 0 unspecified atom stereocenters. The lowest BCUT2D eigenvalue weighted by Gasteiger charge is -2.30. The molecule has 1 aromatic rings. The molecule has 0 aromatic heterocycles. The van der Waals surface area contributed by atoms with Crippen molar-refractivity contribution in [3.05, 3.63) is 24.3 Å². The van der Waals surface area contributed by atoms with Gasteiger partial charge in [-0.1, -0.05) is 6.92 Å². The summed E-state index contributed by atoms with van der Waals surface area (Å²) in [5.41, 5.74) is 1.71. The fourth-order valence-electron chi connectivity index (χ4n) is 3.62. The fourth-order valence-corrected chi connectivity index (χ4v) is 3.62. The minimum Gasteiger partial charge on any atom is -0.326 e. The van der Waals surface area contributed by atoms with Crippen molar-refractivity contribution in [3.63, 3.8) is 0 Å². The summed E-state index contributed by atoms with van der Waals surface area (Å²) in [6, 6.07) is 7.57. The SMILES string of the molecule is C[C@@H]1CCCN(CCC(=O)Nc2ccc(N3CCCC3=O)cc2)C1. The van der Waals surface area contributed by atoms with E-state index in [0.29, 0.717) is 12.8 Å². The molecule has 1 aromatic carbocycles. The van der Waals surface area contributed by atoms with Gasteiger partial charge in [-0.25, -0.2) is 0 Å². The molecule has 0 saturated carbocycles. The van der Waals surface area contributed by atoms with Crippen LogP contribution < -0.4 is 10.2 Å². The van der Waals surface area contributed by atoms with E-state index in [4.69, 9.17) is 0 Å². The maximum absolute atomic E-state index is 12.1. The fraction of sp³-hybridized carbons (Fsp3) is 0.579. The molecule has 24 heavy (non-hydrogen) atoms. The van der Waals surface area contributed by atoms with Crippen LogP contribution in [-0.4, -0.2) is 42.9 Å². The van der Waals surface area contributed by atoms with Crippen LogP contribution in [0.25, 0.3) is 0 Å². The summed E-state index contributed by atoms with van der Waals surface area (Å²) >= 11 is 0. The van der Waals surface area contributed by atoms with Crippen molar-refractivity contribution in [1.29, 1.82) is 0 Å². The summed E-state index contributed by atoms with van der Waals surface area (Å²) < 4.78 is 0. The maximum Gasteiger partial charge on any atom is 0.227 e. The predicted molar refractivity (Wildman–Crippen MR) is 96.1 cm³/mol. The second-order valence-corrected chi connectivity index (χ2v) is 7.04. The van der Waals surface area contributed by atoms with Crippen LogP contribution in [0.1, 0.15) is 39.0 Å². The van der Waals surface area contributed by atoms with E-state index >= 15 is 0 Å². The number of anilines is 2.